The summed E-state index contributed by atoms with van der Waals surface area (Å²) in [4.78, 5) is 0. The molecule has 0 aromatic heterocycles. The largest absolute Gasteiger partial charge is 0.494 e. The molecule has 0 fully saturated rings. The Hall–Kier alpha value is -1.02. The van der Waals surface area contributed by atoms with Crippen LogP contribution in [0.25, 0.3) is 0 Å². The van der Waals surface area contributed by atoms with Gasteiger partial charge in [-0.15, -0.1) is 0 Å². The van der Waals surface area contributed by atoms with Crippen molar-refractivity contribution in [2.45, 2.75) is 19.8 Å². The van der Waals surface area contributed by atoms with Crippen molar-refractivity contribution < 1.29 is 6.16 Å². The number of hydrogen-bond acceptors (Lipinski definition) is 2. The Balaban J connectivity index is 0.00000196. The average molecular weight is 195 g/mol. The van der Waals surface area contributed by atoms with E-state index in [0.717, 1.165) is 25.3 Å². The van der Waals surface area contributed by atoms with E-state index in [4.69, 9.17) is 4.74 Å². The van der Waals surface area contributed by atoms with Crippen molar-refractivity contribution in [2.75, 3.05) is 20.2 Å². The highest BCUT2D eigenvalue weighted by Crippen LogP contribution is 2.12. The van der Waals surface area contributed by atoms with Crippen molar-refractivity contribution in [3.8, 4) is 5.75 Å². The van der Waals surface area contributed by atoms with Crippen LogP contribution in [0.4, 0.5) is 0 Å². The topological polar surface area (TPSA) is 21.3 Å². The van der Waals surface area contributed by atoms with Crippen molar-refractivity contribution in [3.63, 3.8) is 0 Å². The fourth-order valence-electron chi connectivity index (χ4n) is 1.30. The van der Waals surface area contributed by atoms with E-state index in [1.165, 1.54) is 12.0 Å². The minimum atomic E-state index is 0. The zero-order chi connectivity index (χ0) is 10.2. The van der Waals surface area contributed by atoms with Crippen LogP contribution in [0.2, 0.25) is 0 Å². The maximum Gasteiger partial charge on any atom is 0.119 e. The molecule has 0 aliphatic rings. The Kier molecular flexibility index (Phi) is 5.08. The van der Waals surface area contributed by atoms with Crippen LogP contribution in [-0.4, -0.2) is 20.2 Å². The van der Waals surface area contributed by atoms with Gasteiger partial charge in [-0.05, 0) is 51.1 Å². The summed E-state index contributed by atoms with van der Waals surface area (Å²) in [5.74, 6) is 0.981. The first-order chi connectivity index (χ1) is 6.83. The van der Waals surface area contributed by atoms with Gasteiger partial charge in [0.1, 0.15) is 5.75 Å². The fraction of sp³-hybridized carbons (Fsp3) is 0.500. The number of hydrogen-bond donors (Lipinski definition) is 1. The molecule has 0 bridgehead atoms. The molecule has 0 saturated carbocycles. The van der Waals surface area contributed by atoms with E-state index in [-0.39, 0.29) is 1.43 Å². The van der Waals surface area contributed by atoms with Gasteiger partial charge in [-0.1, -0.05) is 12.1 Å². The van der Waals surface area contributed by atoms with E-state index in [1.54, 1.807) is 0 Å². The number of unbranched alkanes of at least 4 members (excludes halogenated alkanes) is 1. The van der Waals surface area contributed by atoms with Crippen LogP contribution in [0.15, 0.2) is 24.3 Å². The monoisotopic (exact) mass is 195 g/mol. The van der Waals surface area contributed by atoms with Crippen molar-refractivity contribution in [1.82, 2.24) is 5.32 Å². The summed E-state index contributed by atoms with van der Waals surface area (Å²) < 4.78 is 5.61. The summed E-state index contributed by atoms with van der Waals surface area (Å²) in [6, 6.07) is 8.18. The fourth-order valence-corrected chi connectivity index (χ4v) is 1.30. The lowest BCUT2D eigenvalue weighted by molar-refractivity contribution is 0.306. The average Bonchev–Trinajstić information content (AvgIpc) is 2.18. The lowest BCUT2D eigenvalue weighted by Gasteiger charge is -2.06. The third-order valence-electron chi connectivity index (χ3n) is 2.08. The van der Waals surface area contributed by atoms with Crippen molar-refractivity contribution in [2.24, 2.45) is 0 Å². The molecular weight excluding hydrogens is 174 g/mol. The van der Waals surface area contributed by atoms with Crippen molar-refractivity contribution in [1.29, 1.82) is 0 Å². The van der Waals surface area contributed by atoms with Crippen LogP contribution in [-0.2, 0) is 0 Å². The normalized spacial score (nSPS) is 10.1. The molecule has 0 heterocycles. The molecular formula is C12H21NO. The van der Waals surface area contributed by atoms with Crippen LogP contribution in [0.5, 0.6) is 5.75 Å². The van der Waals surface area contributed by atoms with Gasteiger partial charge in [0.2, 0.25) is 0 Å². The Bertz CT molecular complexity index is 266. The van der Waals surface area contributed by atoms with Gasteiger partial charge in [-0.25, -0.2) is 0 Å². The highest BCUT2D eigenvalue weighted by Gasteiger charge is 1.93. The maximum absolute atomic E-state index is 5.61. The van der Waals surface area contributed by atoms with Crippen LogP contribution >= 0.6 is 0 Å². The second kappa shape index (κ2) is 6.44. The number of rotatable bonds is 6. The minimum Gasteiger partial charge on any atom is -0.494 e. The summed E-state index contributed by atoms with van der Waals surface area (Å²) >= 11 is 0. The van der Waals surface area contributed by atoms with Crippen LogP contribution in [0.1, 0.15) is 19.8 Å². The minimum absolute atomic E-state index is 0. The molecule has 0 unspecified atom stereocenters. The summed E-state index contributed by atoms with van der Waals surface area (Å²) in [7, 11) is 1.97. The van der Waals surface area contributed by atoms with E-state index in [1.807, 2.05) is 19.2 Å². The van der Waals surface area contributed by atoms with Gasteiger partial charge in [0.15, 0.2) is 0 Å². The molecule has 80 valence electrons. The molecule has 0 spiro atoms. The van der Waals surface area contributed by atoms with Crippen molar-refractivity contribution in [3.05, 3.63) is 29.8 Å². The summed E-state index contributed by atoms with van der Waals surface area (Å²) in [5.41, 5.74) is 1.25. The smallest absolute Gasteiger partial charge is 0.119 e. The Morgan fingerprint density at radius 2 is 2.21 bits per heavy atom. The van der Waals surface area contributed by atoms with Crippen LogP contribution in [0.3, 0.4) is 0 Å². The molecule has 0 radical (unpaired) electrons. The zero-order valence-electron chi connectivity index (χ0n) is 9.05. The quantitative estimate of drug-likeness (QED) is 0.704. The third kappa shape index (κ3) is 4.28. The van der Waals surface area contributed by atoms with Crippen LogP contribution < -0.4 is 10.1 Å². The molecule has 1 rings (SSSR count). The van der Waals surface area contributed by atoms with Gasteiger partial charge < -0.3 is 10.1 Å². The number of benzene rings is 1. The molecule has 1 aromatic carbocycles. The summed E-state index contributed by atoms with van der Waals surface area (Å²) in [5, 5.41) is 3.12. The second-order valence-corrected chi connectivity index (χ2v) is 3.48. The predicted octanol–water partition coefficient (Wildman–Crippen LogP) is 2.62. The standard InChI is InChI=1S/C12H19NO.H2/c1-11-6-5-7-12(10-11)14-9-4-3-8-13-2;/h5-7,10,13H,3-4,8-9H2,1-2H3;1H. The Morgan fingerprint density at radius 1 is 1.36 bits per heavy atom. The predicted molar refractivity (Wildman–Crippen MR) is 61.9 cm³/mol. The maximum atomic E-state index is 5.61. The number of aryl methyl sites for hydroxylation is 1. The second-order valence-electron chi connectivity index (χ2n) is 3.48. The molecule has 2 nitrogen and oxygen atoms in total. The number of nitrogens with one attached hydrogen (secondary N) is 1. The first-order valence-corrected chi connectivity index (χ1v) is 5.17. The molecule has 0 amide bonds. The molecule has 0 saturated heterocycles. The molecule has 0 aliphatic heterocycles. The first kappa shape index (κ1) is 11.1. The Morgan fingerprint density at radius 3 is 2.93 bits per heavy atom. The number of ether oxygens (including phenoxy) is 1. The SMILES string of the molecule is CNCCCCOc1cccc(C)c1.[HH]. The van der Waals surface area contributed by atoms with E-state index >= 15 is 0 Å². The molecule has 1 N–H and O–H groups in total. The zero-order valence-corrected chi connectivity index (χ0v) is 9.05. The van der Waals surface area contributed by atoms with Gasteiger partial charge >= 0.3 is 0 Å². The van der Waals surface area contributed by atoms with Crippen molar-refractivity contribution >= 4 is 0 Å². The Labute approximate surface area is 87.8 Å². The van der Waals surface area contributed by atoms with E-state index < -0.39 is 0 Å². The molecule has 14 heavy (non-hydrogen) atoms. The highest BCUT2D eigenvalue weighted by molar-refractivity contribution is 5.27. The summed E-state index contributed by atoms with van der Waals surface area (Å²) in [6.45, 7) is 3.95. The van der Waals surface area contributed by atoms with Gasteiger partial charge in [0.25, 0.3) is 0 Å². The van der Waals surface area contributed by atoms with Gasteiger partial charge in [-0.3, -0.25) is 0 Å². The molecule has 2 heteroatoms. The first-order valence-electron chi connectivity index (χ1n) is 5.17. The summed E-state index contributed by atoms with van der Waals surface area (Å²) in [6.07, 6.45) is 2.27. The van der Waals surface area contributed by atoms with Gasteiger partial charge in [-0.2, -0.15) is 0 Å². The van der Waals surface area contributed by atoms with E-state index in [9.17, 15) is 0 Å². The third-order valence-corrected chi connectivity index (χ3v) is 2.08. The van der Waals surface area contributed by atoms with E-state index in [2.05, 4.69) is 24.4 Å². The van der Waals surface area contributed by atoms with Gasteiger partial charge in [0, 0.05) is 1.43 Å². The molecule has 1 aromatic rings. The molecule has 0 atom stereocenters. The van der Waals surface area contributed by atoms with Crippen LogP contribution in [0, 0.1) is 6.92 Å². The lowest BCUT2D eigenvalue weighted by atomic mass is 10.2. The van der Waals surface area contributed by atoms with Gasteiger partial charge in [0.05, 0.1) is 6.61 Å². The highest BCUT2D eigenvalue weighted by atomic mass is 16.5. The lowest BCUT2D eigenvalue weighted by Crippen LogP contribution is -2.09. The molecule has 0 aliphatic carbocycles. The van der Waals surface area contributed by atoms with E-state index in [0.29, 0.717) is 0 Å².